The average molecular weight is 407 g/mol. The van der Waals surface area contributed by atoms with Crippen LogP contribution in [-0.4, -0.2) is 0 Å². The maximum atomic E-state index is 13.1. The zero-order chi connectivity index (χ0) is 14.7. The number of halogens is 4. The molecule has 2 N–H and O–H groups in total. The third-order valence-electron chi connectivity index (χ3n) is 2.66. The van der Waals surface area contributed by atoms with E-state index in [9.17, 15) is 8.78 Å². The van der Waals surface area contributed by atoms with Crippen molar-refractivity contribution in [2.75, 3.05) is 0 Å². The summed E-state index contributed by atoms with van der Waals surface area (Å²) in [6.45, 7) is 0.553. The summed E-state index contributed by atoms with van der Waals surface area (Å²) in [6.07, 6.45) is 0. The molecule has 106 valence electrons. The van der Waals surface area contributed by atoms with E-state index in [1.807, 2.05) is 12.1 Å². The summed E-state index contributed by atoms with van der Waals surface area (Å²) in [5, 5.41) is 0. The molecule has 0 aliphatic rings. The third-order valence-corrected chi connectivity index (χ3v) is 3.84. The van der Waals surface area contributed by atoms with Gasteiger partial charge in [0.05, 0.1) is 8.95 Å². The molecule has 0 spiro atoms. The van der Waals surface area contributed by atoms with Crippen LogP contribution in [-0.2, 0) is 13.2 Å². The summed E-state index contributed by atoms with van der Waals surface area (Å²) in [4.78, 5) is 0. The molecule has 0 aliphatic carbocycles. The summed E-state index contributed by atoms with van der Waals surface area (Å²) in [6, 6.07) is 7.38. The van der Waals surface area contributed by atoms with E-state index in [0.717, 1.165) is 26.6 Å². The first-order valence-electron chi connectivity index (χ1n) is 5.76. The fourth-order valence-corrected chi connectivity index (χ4v) is 3.16. The van der Waals surface area contributed by atoms with Crippen LogP contribution < -0.4 is 10.5 Å². The second-order valence-corrected chi connectivity index (χ2v) is 5.84. The number of hydrogen-bond acceptors (Lipinski definition) is 2. The van der Waals surface area contributed by atoms with Crippen LogP contribution in [0, 0.1) is 11.6 Å². The quantitative estimate of drug-likeness (QED) is 0.809. The summed E-state index contributed by atoms with van der Waals surface area (Å²) >= 11 is 6.79. The predicted octanol–water partition coefficient (Wildman–Crippen LogP) is 4.53. The van der Waals surface area contributed by atoms with Crippen molar-refractivity contribution < 1.29 is 13.5 Å². The van der Waals surface area contributed by atoms with Crippen molar-refractivity contribution in [3.8, 4) is 5.75 Å². The molecular weight excluding hydrogens is 396 g/mol. The monoisotopic (exact) mass is 405 g/mol. The van der Waals surface area contributed by atoms with Crippen LogP contribution in [0.1, 0.15) is 11.1 Å². The van der Waals surface area contributed by atoms with Crippen LogP contribution in [0.25, 0.3) is 0 Å². The van der Waals surface area contributed by atoms with Crippen LogP contribution in [0.2, 0.25) is 0 Å². The molecule has 0 amide bonds. The zero-order valence-corrected chi connectivity index (χ0v) is 13.5. The van der Waals surface area contributed by atoms with E-state index in [2.05, 4.69) is 31.9 Å². The van der Waals surface area contributed by atoms with Gasteiger partial charge >= 0.3 is 0 Å². The first-order chi connectivity index (χ1) is 9.51. The summed E-state index contributed by atoms with van der Waals surface area (Å²) < 4.78 is 33.0. The highest BCUT2D eigenvalue weighted by Crippen LogP contribution is 2.35. The number of hydrogen-bond donors (Lipinski definition) is 1. The topological polar surface area (TPSA) is 35.2 Å². The Hall–Kier alpha value is -0.980. The van der Waals surface area contributed by atoms with Gasteiger partial charge in [0, 0.05) is 6.54 Å². The van der Waals surface area contributed by atoms with E-state index in [4.69, 9.17) is 10.5 Å². The molecule has 2 aromatic rings. The highest BCUT2D eigenvalue weighted by Gasteiger charge is 2.10. The molecule has 20 heavy (non-hydrogen) atoms. The fourth-order valence-electron chi connectivity index (χ4n) is 1.65. The van der Waals surface area contributed by atoms with Gasteiger partial charge in [-0.1, -0.05) is 6.07 Å². The molecule has 6 heteroatoms. The molecular formula is C14H11Br2F2NO. The Bertz CT molecular complexity index is 612. The lowest BCUT2D eigenvalue weighted by atomic mass is 10.2. The molecule has 0 unspecified atom stereocenters. The standard InChI is InChI=1S/C14H11Br2F2NO/c15-10-3-9(6-19)4-11(16)14(10)20-7-8-1-2-12(17)13(18)5-8/h1-5H,6-7,19H2. The van der Waals surface area contributed by atoms with E-state index in [1.54, 1.807) is 0 Å². The molecule has 0 saturated carbocycles. The first-order valence-corrected chi connectivity index (χ1v) is 7.34. The van der Waals surface area contributed by atoms with Crippen LogP contribution in [0.3, 0.4) is 0 Å². The van der Waals surface area contributed by atoms with Crippen molar-refractivity contribution in [3.63, 3.8) is 0 Å². The molecule has 0 bridgehead atoms. The van der Waals surface area contributed by atoms with E-state index in [1.165, 1.54) is 6.07 Å². The summed E-state index contributed by atoms with van der Waals surface area (Å²) in [5.74, 6) is -1.17. The van der Waals surface area contributed by atoms with Gasteiger partial charge in [-0.3, -0.25) is 0 Å². The minimum absolute atomic E-state index is 0.135. The second-order valence-electron chi connectivity index (χ2n) is 4.13. The highest BCUT2D eigenvalue weighted by atomic mass is 79.9. The lowest BCUT2D eigenvalue weighted by molar-refractivity contribution is 0.301. The molecule has 0 fully saturated rings. The highest BCUT2D eigenvalue weighted by molar-refractivity contribution is 9.11. The zero-order valence-electron chi connectivity index (χ0n) is 10.3. The van der Waals surface area contributed by atoms with Crippen molar-refractivity contribution in [1.29, 1.82) is 0 Å². The Labute approximate surface area is 132 Å². The Morgan fingerprint density at radius 3 is 2.15 bits per heavy atom. The molecule has 2 nitrogen and oxygen atoms in total. The predicted molar refractivity (Wildman–Crippen MR) is 80.4 cm³/mol. The van der Waals surface area contributed by atoms with Gasteiger partial charge < -0.3 is 10.5 Å². The number of rotatable bonds is 4. The SMILES string of the molecule is NCc1cc(Br)c(OCc2ccc(F)c(F)c2)c(Br)c1. The minimum Gasteiger partial charge on any atom is -0.487 e. The molecule has 0 aromatic heterocycles. The van der Waals surface area contributed by atoms with Crippen molar-refractivity contribution in [2.24, 2.45) is 5.73 Å². The molecule has 2 aromatic carbocycles. The van der Waals surface area contributed by atoms with Gasteiger partial charge in [-0.15, -0.1) is 0 Å². The Morgan fingerprint density at radius 2 is 1.60 bits per heavy atom. The average Bonchev–Trinajstić information content (AvgIpc) is 2.41. The Kier molecular flexibility index (Phi) is 5.12. The second kappa shape index (κ2) is 6.65. The molecule has 0 aliphatic heterocycles. The molecule has 2 rings (SSSR count). The van der Waals surface area contributed by atoms with Gasteiger partial charge in [-0.2, -0.15) is 0 Å². The molecule has 0 radical (unpaired) electrons. The molecule has 0 saturated heterocycles. The third kappa shape index (κ3) is 3.56. The van der Waals surface area contributed by atoms with Gasteiger partial charge in [0.2, 0.25) is 0 Å². The maximum Gasteiger partial charge on any atom is 0.159 e. The van der Waals surface area contributed by atoms with E-state index < -0.39 is 11.6 Å². The molecule has 0 heterocycles. The summed E-state index contributed by atoms with van der Waals surface area (Å²) in [5.41, 5.74) is 7.07. The van der Waals surface area contributed by atoms with Crippen LogP contribution in [0.15, 0.2) is 39.3 Å². The van der Waals surface area contributed by atoms with Crippen molar-refractivity contribution >= 4 is 31.9 Å². The van der Waals surface area contributed by atoms with Gasteiger partial charge in [0.25, 0.3) is 0 Å². The summed E-state index contributed by atoms with van der Waals surface area (Å²) in [7, 11) is 0. The van der Waals surface area contributed by atoms with Crippen LogP contribution in [0.4, 0.5) is 8.78 Å². The lowest BCUT2D eigenvalue weighted by Gasteiger charge is -2.12. The van der Waals surface area contributed by atoms with Gasteiger partial charge in [0.15, 0.2) is 11.6 Å². The van der Waals surface area contributed by atoms with Gasteiger partial charge in [-0.05, 0) is 67.3 Å². The van der Waals surface area contributed by atoms with E-state index >= 15 is 0 Å². The van der Waals surface area contributed by atoms with Crippen LogP contribution in [0.5, 0.6) is 5.75 Å². The van der Waals surface area contributed by atoms with E-state index in [-0.39, 0.29) is 6.61 Å². The Balaban J connectivity index is 2.16. The minimum atomic E-state index is -0.886. The maximum absolute atomic E-state index is 13.1. The van der Waals surface area contributed by atoms with Crippen molar-refractivity contribution in [1.82, 2.24) is 0 Å². The van der Waals surface area contributed by atoms with E-state index in [0.29, 0.717) is 17.9 Å². The largest absolute Gasteiger partial charge is 0.487 e. The first kappa shape index (κ1) is 15.4. The normalized spacial score (nSPS) is 10.7. The lowest BCUT2D eigenvalue weighted by Crippen LogP contribution is -2.01. The number of ether oxygens (including phenoxy) is 1. The number of nitrogens with two attached hydrogens (primary N) is 1. The number of benzene rings is 2. The molecule has 0 atom stereocenters. The van der Waals surface area contributed by atoms with Gasteiger partial charge in [-0.25, -0.2) is 8.78 Å². The van der Waals surface area contributed by atoms with Crippen molar-refractivity contribution in [2.45, 2.75) is 13.2 Å². The smallest absolute Gasteiger partial charge is 0.159 e. The van der Waals surface area contributed by atoms with Gasteiger partial charge in [0.1, 0.15) is 12.4 Å². The van der Waals surface area contributed by atoms with Crippen molar-refractivity contribution in [3.05, 3.63) is 62.0 Å². The van der Waals surface area contributed by atoms with Crippen LogP contribution >= 0.6 is 31.9 Å². The fraction of sp³-hybridized carbons (Fsp3) is 0.143. The Morgan fingerprint density at radius 1 is 0.950 bits per heavy atom.